The zero-order valence-corrected chi connectivity index (χ0v) is 16.1. The van der Waals surface area contributed by atoms with E-state index in [2.05, 4.69) is 16.3 Å². The van der Waals surface area contributed by atoms with Gasteiger partial charge in [-0.15, -0.1) is 11.3 Å². The lowest BCUT2D eigenvalue weighted by Crippen LogP contribution is -2.48. The first kappa shape index (κ1) is 17.6. The van der Waals surface area contributed by atoms with Crippen LogP contribution in [-0.4, -0.2) is 48.0 Å². The first-order valence-electron chi connectivity index (χ1n) is 9.45. The minimum Gasteiger partial charge on any atom is -0.484 e. The third kappa shape index (κ3) is 3.94. The Hall–Kier alpha value is -1.85. The number of hydrogen-bond acceptors (Lipinski definition) is 4. The van der Waals surface area contributed by atoms with E-state index in [0.717, 1.165) is 44.8 Å². The van der Waals surface area contributed by atoms with Crippen molar-refractivity contribution in [3.05, 3.63) is 51.7 Å². The fraction of sp³-hybridized carbons (Fsp3) is 0.476. The summed E-state index contributed by atoms with van der Waals surface area (Å²) in [6, 6.07) is 10.7. The Balaban J connectivity index is 1.24. The highest BCUT2D eigenvalue weighted by molar-refractivity contribution is 7.10. The van der Waals surface area contributed by atoms with E-state index in [0.29, 0.717) is 6.04 Å². The number of amides is 1. The quantitative estimate of drug-likeness (QED) is 0.826. The van der Waals surface area contributed by atoms with E-state index in [9.17, 15) is 4.79 Å². The highest BCUT2D eigenvalue weighted by Gasteiger charge is 2.29. The number of fused-ring (bicyclic) bond motifs is 1. The van der Waals surface area contributed by atoms with Crippen LogP contribution in [0.1, 0.15) is 28.8 Å². The molecule has 1 aromatic carbocycles. The number of ether oxygens (including phenoxy) is 1. The fourth-order valence-electron chi connectivity index (χ4n) is 3.93. The van der Waals surface area contributed by atoms with Gasteiger partial charge >= 0.3 is 0 Å². The number of piperidine rings is 1. The Bertz CT molecular complexity index is 748. The average Bonchev–Trinajstić information content (AvgIpc) is 3.15. The van der Waals surface area contributed by atoms with E-state index in [1.165, 1.54) is 17.5 Å². The van der Waals surface area contributed by atoms with Crippen LogP contribution in [0, 0.1) is 6.92 Å². The Morgan fingerprint density at radius 2 is 1.92 bits per heavy atom. The van der Waals surface area contributed by atoms with Gasteiger partial charge in [0, 0.05) is 37.1 Å². The molecule has 1 saturated heterocycles. The van der Waals surface area contributed by atoms with Crippen LogP contribution in [0.2, 0.25) is 0 Å². The fourth-order valence-corrected chi connectivity index (χ4v) is 4.82. The van der Waals surface area contributed by atoms with Crippen molar-refractivity contribution in [3.63, 3.8) is 0 Å². The molecule has 2 aliphatic heterocycles. The van der Waals surface area contributed by atoms with Crippen molar-refractivity contribution < 1.29 is 9.53 Å². The summed E-state index contributed by atoms with van der Waals surface area (Å²) in [5.41, 5.74) is 2.70. The molecule has 0 aliphatic carbocycles. The molecule has 3 heterocycles. The zero-order valence-electron chi connectivity index (χ0n) is 15.3. The monoisotopic (exact) mass is 370 g/mol. The predicted molar refractivity (Wildman–Crippen MR) is 105 cm³/mol. The maximum Gasteiger partial charge on any atom is 0.260 e. The molecule has 0 bridgehead atoms. The van der Waals surface area contributed by atoms with Gasteiger partial charge in [-0.2, -0.15) is 0 Å². The lowest BCUT2D eigenvalue weighted by molar-refractivity contribution is -0.135. The van der Waals surface area contributed by atoms with E-state index >= 15 is 0 Å². The number of carbonyl (C=O) groups excluding carboxylic acids is 1. The first-order valence-corrected chi connectivity index (χ1v) is 10.3. The molecule has 2 aliphatic rings. The van der Waals surface area contributed by atoms with Crippen LogP contribution >= 0.6 is 11.3 Å². The molecule has 0 radical (unpaired) electrons. The number of benzene rings is 1. The largest absolute Gasteiger partial charge is 0.484 e. The molecule has 0 spiro atoms. The molecule has 26 heavy (non-hydrogen) atoms. The van der Waals surface area contributed by atoms with Gasteiger partial charge in [0.25, 0.3) is 5.91 Å². The molecule has 2 aromatic rings. The van der Waals surface area contributed by atoms with Crippen LogP contribution in [0.5, 0.6) is 5.75 Å². The van der Waals surface area contributed by atoms with Gasteiger partial charge < -0.3 is 9.64 Å². The summed E-state index contributed by atoms with van der Waals surface area (Å²) in [7, 11) is 0. The molecule has 0 atom stereocenters. The van der Waals surface area contributed by atoms with Crippen LogP contribution in [0.25, 0.3) is 0 Å². The van der Waals surface area contributed by atoms with Crippen molar-refractivity contribution in [1.29, 1.82) is 0 Å². The lowest BCUT2D eigenvalue weighted by Gasteiger charge is -2.40. The Kier molecular flexibility index (Phi) is 5.27. The van der Waals surface area contributed by atoms with E-state index in [1.54, 1.807) is 4.88 Å². The summed E-state index contributed by atoms with van der Waals surface area (Å²) in [4.78, 5) is 18.6. The van der Waals surface area contributed by atoms with Crippen LogP contribution in [0.3, 0.4) is 0 Å². The molecule has 5 heteroatoms. The predicted octanol–water partition coefficient (Wildman–Crippen LogP) is 3.48. The van der Waals surface area contributed by atoms with Gasteiger partial charge in [-0.25, -0.2) is 0 Å². The maximum absolute atomic E-state index is 12.4. The van der Waals surface area contributed by atoms with Crippen molar-refractivity contribution >= 4 is 17.2 Å². The number of rotatable bonds is 4. The number of hydrogen-bond donors (Lipinski definition) is 0. The second kappa shape index (κ2) is 7.80. The normalized spacial score (nSPS) is 18.6. The van der Waals surface area contributed by atoms with Crippen LogP contribution in [0.4, 0.5) is 0 Å². The summed E-state index contributed by atoms with van der Waals surface area (Å²) in [5, 5.41) is 2.21. The zero-order chi connectivity index (χ0) is 17.9. The van der Waals surface area contributed by atoms with E-state index < -0.39 is 0 Å². The minimum absolute atomic E-state index is 0.0998. The standard InChI is InChI=1S/C21H26N2O2S/c1-16-2-4-19(5-3-16)25-15-21(24)22-10-6-18(7-11-22)23-12-8-20-17(14-23)9-13-26-20/h2-5,9,13,18H,6-8,10-12,14-15H2,1H3. The van der Waals surface area contributed by atoms with Gasteiger partial charge in [-0.3, -0.25) is 9.69 Å². The van der Waals surface area contributed by atoms with Crippen molar-refractivity contribution in [2.24, 2.45) is 0 Å². The van der Waals surface area contributed by atoms with Crippen molar-refractivity contribution in [1.82, 2.24) is 9.80 Å². The van der Waals surface area contributed by atoms with Crippen molar-refractivity contribution in [2.45, 2.75) is 38.8 Å². The molecule has 0 unspecified atom stereocenters. The molecule has 1 fully saturated rings. The second-order valence-electron chi connectivity index (χ2n) is 7.30. The summed E-state index contributed by atoms with van der Waals surface area (Å²) in [6.45, 7) is 6.09. The van der Waals surface area contributed by atoms with Crippen molar-refractivity contribution in [2.75, 3.05) is 26.2 Å². The summed E-state index contributed by atoms with van der Waals surface area (Å²) in [6.07, 6.45) is 3.31. The Morgan fingerprint density at radius 1 is 1.15 bits per heavy atom. The molecule has 1 amide bonds. The first-order chi connectivity index (χ1) is 12.7. The average molecular weight is 371 g/mol. The van der Waals surface area contributed by atoms with Crippen molar-refractivity contribution in [3.8, 4) is 5.75 Å². The molecule has 4 rings (SSSR count). The summed E-state index contributed by atoms with van der Waals surface area (Å²) < 4.78 is 5.65. The van der Waals surface area contributed by atoms with Gasteiger partial charge in [0.15, 0.2) is 6.61 Å². The topological polar surface area (TPSA) is 32.8 Å². The molecule has 0 saturated carbocycles. The van der Waals surface area contributed by atoms with Gasteiger partial charge in [-0.05, 0) is 55.3 Å². The van der Waals surface area contributed by atoms with Crippen LogP contribution in [0.15, 0.2) is 35.7 Å². The number of likely N-dealkylation sites (tertiary alicyclic amines) is 1. The van der Waals surface area contributed by atoms with Gasteiger partial charge in [-0.1, -0.05) is 17.7 Å². The third-order valence-corrected chi connectivity index (χ3v) is 6.58. The van der Waals surface area contributed by atoms with E-state index in [4.69, 9.17) is 4.74 Å². The van der Waals surface area contributed by atoms with Crippen LogP contribution in [-0.2, 0) is 17.8 Å². The molecular weight excluding hydrogens is 344 g/mol. The smallest absolute Gasteiger partial charge is 0.260 e. The second-order valence-corrected chi connectivity index (χ2v) is 8.30. The maximum atomic E-state index is 12.4. The van der Waals surface area contributed by atoms with Gasteiger partial charge in [0.2, 0.25) is 0 Å². The van der Waals surface area contributed by atoms with E-state index in [1.807, 2.05) is 47.4 Å². The highest BCUT2D eigenvalue weighted by atomic mass is 32.1. The Labute approximate surface area is 159 Å². The van der Waals surface area contributed by atoms with E-state index in [-0.39, 0.29) is 12.5 Å². The minimum atomic E-state index is 0.0998. The number of nitrogens with zero attached hydrogens (tertiary/aromatic N) is 2. The van der Waals surface area contributed by atoms with Gasteiger partial charge in [0.05, 0.1) is 0 Å². The molecule has 1 aromatic heterocycles. The summed E-state index contributed by atoms with van der Waals surface area (Å²) in [5.74, 6) is 0.863. The number of aryl methyl sites for hydroxylation is 1. The van der Waals surface area contributed by atoms with Crippen LogP contribution < -0.4 is 4.74 Å². The third-order valence-electron chi connectivity index (χ3n) is 5.55. The van der Waals surface area contributed by atoms with Gasteiger partial charge in [0.1, 0.15) is 5.75 Å². The molecular formula is C21H26N2O2S. The highest BCUT2D eigenvalue weighted by Crippen LogP contribution is 2.28. The molecule has 4 nitrogen and oxygen atoms in total. The molecule has 0 N–H and O–H groups in total. The SMILES string of the molecule is Cc1ccc(OCC(=O)N2CCC(N3CCc4sccc4C3)CC2)cc1. The number of carbonyl (C=O) groups is 1. The Morgan fingerprint density at radius 3 is 2.69 bits per heavy atom. The lowest BCUT2D eigenvalue weighted by atomic mass is 9.99. The number of thiophene rings is 1. The molecule has 138 valence electrons. The summed E-state index contributed by atoms with van der Waals surface area (Å²) >= 11 is 1.89.